The molecule has 0 spiro atoms. The Kier molecular flexibility index (Phi) is 8.33. The first-order valence-electron chi connectivity index (χ1n) is 12.6. The third kappa shape index (κ3) is 5.67. The zero-order chi connectivity index (χ0) is 24.1. The topological polar surface area (TPSA) is 9.23 Å². The summed E-state index contributed by atoms with van der Waals surface area (Å²) in [5, 5.41) is 0. The molecule has 0 unspecified atom stereocenters. The Morgan fingerprint density at radius 1 is 0.794 bits per heavy atom. The van der Waals surface area contributed by atoms with Crippen molar-refractivity contribution < 1.29 is 22.3 Å². The van der Waals surface area contributed by atoms with Crippen LogP contribution in [-0.2, 0) is 0 Å². The summed E-state index contributed by atoms with van der Waals surface area (Å²) >= 11 is 0. The summed E-state index contributed by atoms with van der Waals surface area (Å²) in [6.07, 6.45) is 8.83. The minimum atomic E-state index is -1.00. The predicted molar refractivity (Wildman–Crippen MR) is 128 cm³/mol. The van der Waals surface area contributed by atoms with Gasteiger partial charge in [0.1, 0.15) is 12.5 Å². The van der Waals surface area contributed by atoms with E-state index in [-0.39, 0.29) is 17.6 Å². The Morgan fingerprint density at radius 2 is 1.32 bits per heavy atom. The van der Waals surface area contributed by atoms with E-state index in [1.165, 1.54) is 17.2 Å². The first-order valence-corrected chi connectivity index (χ1v) is 12.6. The molecule has 0 aromatic heterocycles. The van der Waals surface area contributed by atoms with Gasteiger partial charge in [-0.15, -0.1) is 0 Å². The number of hydrogen-bond acceptors (Lipinski definition) is 1. The Morgan fingerprint density at radius 3 is 1.85 bits per heavy atom. The summed E-state index contributed by atoms with van der Waals surface area (Å²) in [6.45, 7) is 1.05. The molecule has 184 valence electrons. The van der Waals surface area contributed by atoms with Gasteiger partial charge in [-0.2, -0.15) is 4.39 Å². The predicted octanol–water partition coefficient (Wildman–Crippen LogP) is 8.90. The number of hydrogen-bond donors (Lipinski definition) is 0. The van der Waals surface area contributed by atoms with Crippen molar-refractivity contribution in [3.05, 3.63) is 76.6 Å². The second-order valence-electron chi connectivity index (χ2n) is 9.79. The average molecular weight is 475 g/mol. The van der Waals surface area contributed by atoms with E-state index in [2.05, 4.69) is 24.3 Å². The van der Waals surface area contributed by atoms with Gasteiger partial charge in [0.2, 0.25) is 5.82 Å². The normalized spacial score (nSPS) is 25.9. The van der Waals surface area contributed by atoms with E-state index in [1.54, 1.807) is 19.1 Å². The largest absolute Gasteiger partial charge is 0.491 e. The van der Waals surface area contributed by atoms with Crippen molar-refractivity contribution in [1.29, 1.82) is 0 Å². The minimum Gasteiger partial charge on any atom is -0.491 e. The first kappa shape index (κ1) is 24.8. The van der Waals surface area contributed by atoms with Crippen LogP contribution in [0.3, 0.4) is 0 Å². The van der Waals surface area contributed by atoms with Crippen molar-refractivity contribution in [2.45, 2.75) is 76.0 Å². The van der Waals surface area contributed by atoms with Gasteiger partial charge in [0.25, 0.3) is 0 Å². The highest BCUT2D eigenvalue weighted by Gasteiger charge is 2.28. The molecule has 0 bridgehead atoms. The summed E-state index contributed by atoms with van der Waals surface area (Å²) in [7, 11) is 0. The molecule has 4 rings (SSSR count). The number of allylic oxidation sites excluding steroid dienone is 2. The molecule has 0 saturated heterocycles. The SMILES string of the molecule is CCOc1ccc(C2CCC(c3ccc(C4CCC(/C=C(\F)CF)CC4)cc3)CC2)c(F)c1F. The summed E-state index contributed by atoms with van der Waals surface area (Å²) < 4.78 is 59.7. The third-order valence-electron chi connectivity index (χ3n) is 7.74. The number of benzene rings is 2. The highest BCUT2D eigenvalue weighted by atomic mass is 19.2. The van der Waals surface area contributed by atoms with E-state index >= 15 is 0 Å². The van der Waals surface area contributed by atoms with E-state index in [0.717, 1.165) is 51.4 Å². The monoisotopic (exact) mass is 474 g/mol. The molecule has 34 heavy (non-hydrogen) atoms. The molecule has 2 aliphatic carbocycles. The summed E-state index contributed by atoms with van der Waals surface area (Å²) in [5.41, 5.74) is 3.09. The smallest absolute Gasteiger partial charge is 0.200 e. The lowest BCUT2D eigenvalue weighted by Gasteiger charge is -2.30. The molecule has 0 atom stereocenters. The Balaban J connectivity index is 1.32. The van der Waals surface area contributed by atoms with E-state index in [4.69, 9.17) is 4.74 Å². The molecule has 0 aliphatic heterocycles. The summed E-state index contributed by atoms with van der Waals surface area (Å²) in [4.78, 5) is 0. The summed E-state index contributed by atoms with van der Waals surface area (Å²) in [5.74, 6) is -1.22. The lowest BCUT2D eigenvalue weighted by molar-refractivity contribution is 0.310. The Labute approximate surface area is 200 Å². The molecule has 2 aliphatic rings. The highest BCUT2D eigenvalue weighted by molar-refractivity contribution is 5.34. The van der Waals surface area contributed by atoms with E-state index < -0.39 is 24.1 Å². The molecule has 2 saturated carbocycles. The fraction of sp³-hybridized carbons (Fsp3) is 0.517. The van der Waals surface area contributed by atoms with Crippen LogP contribution in [0.5, 0.6) is 5.75 Å². The van der Waals surface area contributed by atoms with Crippen molar-refractivity contribution in [3.8, 4) is 5.75 Å². The molecule has 0 N–H and O–H groups in total. The van der Waals surface area contributed by atoms with Crippen LogP contribution in [0, 0.1) is 17.6 Å². The maximum absolute atomic E-state index is 14.6. The van der Waals surface area contributed by atoms with Crippen LogP contribution in [0.2, 0.25) is 0 Å². The highest BCUT2D eigenvalue weighted by Crippen LogP contribution is 2.43. The van der Waals surface area contributed by atoms with Gasteiger partial charge in [-0.25, -0.2) is 13.2 Å². The minimum absolute atomic E-state index is 0.0191. The Hall–Kier alpha value is -2.30. The fourth-order valence-corrected chi connectivity index (χ4v) is 5.83. The van der Waals surface area contributed by atoms with Crippen LogP contribution in [0.4, 0.5) is 17.6 Å². The molecular formula is C29H34F4O. The van der Waals surface area contributed by atoms with Gasteiger partial charge in [0, 0.05) is 0 Å². The van der Waals surface area contributed by atoms with E-state index in [9.17, 15) is 17.6 Å². The van der Waals surface area contributed by atoms with Crippen LogP contribution in [0.25, 0.3) is 0 Å². The number of rotatable bonds is 7. The van der Waals surface area contributed by atoms with Gasteiger partial charge < -0.3 is 4.74 Å². The van der Waals surface area contributed by atoms with E-state index in [0.29, 0.717) is 24.0 Å². The Bertz CT molecular complexity index is 968. The number of alkyl halides is 1. The molecule has 2 aromatic rings. The van der Waals surface area contributed by atoms with Crippen molar-refractivity contribution >= 4 is 0 Å². The van der Waals surface area contributed by atoms with Gasteiger partial charge in [-0.3, -0.25) is 0 Å². The maximum Gasteiger partial charge on any atom is 0.200 e. The van der Waals surface area contributed by atoms with Gasteiger partial charge in [0.15, 0.2) is 11.6 Å². The van der Waals surface area contributed by atoms with Crippen LogP contribution in [0.15, 0.2) is 48.3 Å². The number of halogens is 4. The van der Waals surface area contributed by atoms with Gasteiger partial charge >= 0.3 is 0 Å². The zero-order valence-electron chi connectivity index (χ0n) is 19.8. The molecule has 2 fully saturated rings. The van der Waals surface area contributed by atoms with E-state index in [1.807, 2.05) is 0 Å². The lowest BCUT2D eigenvalue weighted by Crippen LogP contribution is -2.15. The van der Waals surface area contributed by atoms with Gasteiger partial charge in [-0.1, -0.05) is 30.3 Å². The van der Waals surface area contributed by atoms with Crippen molar-refractivity contribution in [2.24, 2.45) is 5.92 Å². The zero-order valence-corrected chi connectivity index (χ0v) is 19.8. The third-order valence-corrected chi connectivity index (χ3v) is 7.74. The molecule has 0 radical (unpaired) electrons. The molecule has 1 nitrogen and oxygen atoms in total. The van der Waals surface area contributed by atoms with Gasteiger partial charge in [0.05, 0.1) is 6.61 Å². The van der Waals surface area contributed by atoms with Crippen LogP contribution in [0.1, 0.15) is 92.7 Å². The molecule has 2 aromatic carbocycles. The quantitative estimate of drug-likeness (QED) is 0.364. The van der Waals surface area contributed by atoms with Crippen molar-refractivity contribution in [2.75, 3.05) is 13.3 Å². The van der Waals surface area contributed by atoms with Crippen LogP contribution in [-0.4, -0.2) is 13.3 Å². The standard InChI is InChI=1S/C29H34F4O/c1-2-34-27-16-15-26(28(32)29(27)33)24-13-11-23(12-14-24)22-9-7-21(8-10-22)20-5-3-19(4-6-20)17-25(31)18-30/h7-10,15-17,19-20,23-24H,2-6,11-14,18H2,1H3/b25-17-. The molecular weight excluding hydrogens is 440 g/mol. The van der Waals surface area contributed by atoms with Crippen LogP contribution < -0.4 is 4.74 Å². The maximum atomic E-state index is 14.6. The average Bonchev–Trinajstić information content (AvgIpc) is 2.88. The summed E-state index contributed by atoms with van der Waals surface area (Å²) in [6, 6.07) is 12.1. The molecule has 5 heteroatoms. The second-order valence-corrected chi connectivity index (χ2v) is 9.79. The van der Waals surface area contributed by atoms with Crippen LogP contribution >= 0.6 is 0 Å². The van der Waals surface area contributed by atoms with Gasteiger partial charge in [-0.05, 0) is 111 Å². The second kappa shape index (κ2) is 11.4. The lowest BCUT2D eigenvalue weighted by atomic mass is 9.75. The molecule has 0 amide bonds. The van der Waals surface area contributed by atoms with Crippen molar-refractivity contribution in [1.82, 2.24) is 0 Å². The fourth-order valence-electron chi connectivity index (χ4n) is 5.83. The molecule has 0 heterocycles. The van der Waals surface area contributed by atoms with Crippen molar-refractivity contribution in [3.63, 3.8) is 0 Å². The first-order chi connectivity index (χ1) is 16.5. The number of ether oxygens (including phenoxy) is 1.